The zero-order valence-corrected chi connectivity index (χ0v) is 18.4. The van der Waals surface area contributed by atoms with E-state index in [0.29, 0.717) is 17.3 Å². The highest BCUT2D eigenvalue weighted by Crippen LogP contribution is 2.30. The van der Waals surface area contributed by atoms with Crippen molar-refractivity contribution >= 4 is 34.6 Å². The number of Topliss-reactive ketones (excluding diaryl/α,β-unsaturated/α-hetero) is 1. The maximum atomic E-state index is 11.7. The van der Waals surface area contributed by atoms with Crippen LogP contribution in [0.5, 0.6) is 0 Å². The quantitative estimate of drug-likeness (QED) is 0.400. The number of nitrogens with zero attached hydrogens (tertiary/aromatic N) is 2. The van der Waals surface area contributed by atoms with Crippen molar-refractivity contribution in [3.05, 3.63) is 58.1 Å². The van der Waals surface area contributed by atoms with Gasteiger partial charge in [0.1, 0.15) is 5.82 Å². The number of carbonyl (C=O) groups is 2. The zero-order chi connectivity index (χ0) is 21.7. The van der Waals surface area contributed by atoms with Crippen LogP contribution in [0.3, 0.4) is 0 Å². The molecule has 156 valence electrons. The van der Waals surface area contributed by atoms with Gasteiger partial charge in [-0.25, -0.2) is 9.97 Å². The van der Waals surface area contributed by atoms with Crippen LogP contribution in [0.15, 0.2) is 36.4 Å². The van der Waals surface area contributed by atoms with E-state index >= 15 is 0 Å². The molecular weight excluding hydrogens is 398 g/mol. The van der Waals surface area contributed by atoms with Crippen molar-refractivity contribution in [3.63, 3.8) is 0 Å². The van der Waals surface area contributed by atoms with Gasteiger partial charge in [-0.05, 0) is 57.0 Å². The summed E-state index contributed by atoms with van der Waals surface area (Å²) in [4.78, 5) is 34.2. The van der Waals surface area contributed by atoms with Crippen LogP contribution in [0.25, 0.3) is 10.7 Å². The summed E-state index contributed by atoms with van der Waals surface area (Å²) in [7, 11) is 0. The minimum absolute atomic E-state index is 0.0365. The van der Waals surface area contributed by atoms with E-state index in [0.717, 1.165) is 39.6 Å². The summed E-state index contributed by atoms with van der Waals surface area (Å²) in [5.74, 6) is 1.15. The fourth-order valence-corrected chi connectivity index (χ4v) is 3.94. The summed E-state index contributed by atoms with van der Waals surface area (Å²) >= 11 is 1.40. The molecule has 30 heavy (non-hydrogen) atoms. The minimum atomic E-state index is -0.233. The third kappa shape index (κ3) is 5.10. The molecule has 0 saturated heterocycles. The molecule has 0 fully saturated rings. The minimum Gasteiger partial charge on any atom is -0.466 e. The molecule has 1 aromatic carbocycles. The predicted octanol–water partition coefficient (Wildman–Crippen LogP) is 5.13. The number of anilines is 2. The van der Waals surface area contributed by atoms with Crippen LogP contribution in [0.4, 0.5) is 11.5 Å². The SMILES string of the molecule is CCOC(=O)Cc1ccc(Nc2nc(-c3ccc(C(C)=O)s3)nc(C)c2CC)cc1. The van der Waals surface area contributed by atoms with Crippen molar-refractivity contribution < 1.29 is 14.3 Å². The Bertz CT molecular complexity index is 1060. The number of rotatable bonds is 8. The fourth-order valence-electron chi connectivity index (χ4n) is 3.10. The number of benzene rings is 1. The summed E-state index contributed by atoms with van der Waals surface area (Å²) in [5, 5.41) is 3.38. The van der Waals surface area contributed by atoms with Crippen molar-refractivity contribution in [1.29, 1.82) is 0 Å². The molecule has 0 unspecified atom stereocenters. The third-order valence-corrected chi connectivity index (χ3v) is 5.79. The average Bonchev–Trinajstić information content (AvgIpc) is 3.20. The Morgan fingerprint density at radius 3 is 2.40 bits per heavy atom. The maximum absolute atomic E-state index is 11.7. The zero-order valence-electron chi connectivity index (χ0n) is 17.6. The number of ketones is 1. The van der Waals surface area contributed by atoms with Gasteiger partial charge < -0.3 is 10.1 Å². The number of hydrogen-bond acceptors (Lipinski definition) is 7. The molecule has 0 atom stereocenters. The Kier molecular flexibility index (Phi) is 6.95. The molecule has 0 spiro atoms. The van der Waals surface area contributed by atoms with Gasteiger partial charge in [-0.15, -0.1) is 11.3 Å². The smallest absolute Gasteiger partial charge is 0.310 e. The number of hydrogen-bond donors (Lipinski definition) is 1. The van der Waals surface area contributed by atoms with E-state index in [1.54, 1.807) is 13.8 Å². The lowest BCUT2D eigenvalue weighted by Gasteiger charge is -2.14. The van der Waals surface area contributed by atoms with Gasteiger partial charge in [-0.3, -0.25) is 9.59 Å². The van der Waals surface area contributed by atoms with Gasteiger partial charge in [0.15, 0.2) is 11.6 Å². The largest absolute Gasteiger partial charge is 0.466 e. The van der Waals surface area contributed by atoms with Crippen LogP contribution in [0, 0.1) is 6.92 Å². The molecule has 0 bridgehead atoms. The van der Waals surface area contributed by atoms with Crippen LogP contribution < -0.4 is 5.32 Å². The number of nitrogens with one attached hydrogen (secondary N) is 1. The molecule has 0 radical (unpaired) electrons. The molecule has 7 heteroatoms. The molecule has 0 aliphatic rings. The Hall–Kier alpha value is -3.06. The Morgan fingerprint density at radius 1 is 1.07 bits per heavy atom. The van der Waals surface area contributed by atoms with E-state index in [1.807, 2.05) is 43.3 Å². The lowest BCUT2D eigenvalue weighted by Crippen LogP contribution is -2.07. The van der Waals surface area contributed by atoms with Gasteiger partial charge in [0, 0.05) is 16.9 Å². The molecular formula is C23H25N3O3S. The van der Waals surface area contributed by atoms with Crippen molar-refractivity contribution in [2.24, 2.45) is 0 Å². The van der Waals surface area contributed by atoms with Crippen molar-refractivity contribution in [1.82, 2.24) is 9.97 Å². The molecule has 0 saturated carbocycles. The lowest BCUT2D eigenvalue weighted by molar-refractivity contribution is -0.142. The summed E-state index contributed by atoms with van der Waals surface area (Å²) in [6.07, 6.45) is 1.04. The van der Waals surface area contributed by atoms with E-state index in [2.05, 4.69) is 17.2 Å². The molecule has 3 aromatic rings. The molecule has 0 aliphatic carbocycles. The first-order valence-corrected chi connectivity index (χ1v) is 10.7. The summed E-state index contributed by atoms with van der Waals surface area (Å²) in [5.41, 5.74) is 3.71. The Balaban J connectivity index is 1.86. The third-order valence-electron chi connectivity index (χ3n) is 4.61. The van der Waals surface area contributed by atoms with Crippen molar-refractivity contribution in [2.45, 2.75) is 40.5 Å². The first-order valence-electron chi connectivity index (χ1n) is 9.91. The van der Waals surface area contributed by atoms with Crippen LogP contribution in [-0.4, -0.2) is 28.3 Å². The first kappa shape index (κ1) is 21.6. The van der Waals surface area contributed by atoms with Gasteiger partial charge in [-0.1, -0.05) is 19.1 Å². The highest BCUT2D eigenvalue weighted by Gasteiger charge is 2.15. The Morgan fingerprint density at radius 2 is 1.80 bits per heavy atom. The number of ether oxygens (including phenoxy) is 1. The standard InChI is InChI=1S/C23H25N3O3S/c1-5-18-14(3)24-23(20-12-11-19(30-20)15(4)27)26-22(18)25-17-9-7-16(8-10-17)13-21(28)29-6-2/h7-12H,5-6,13H2,1-4H3,(H,24,25,26). The Labute approximate surface area is 180 Å². The van der Waals surface area contributed by atoms with E-state index < -0.39 is 0 Å². The van der Waals surface area contributed by atoms with E-state index in [-0.39, 0.29) is 18.2 Å². The monoisotopic (exact) mass is 423 g/mol. The molecule has 3 rings (SSSR count). The van der Waals surface area contributed by atoms with Gasteiger partial charge in [0.05, 0.1) is 22.8 Å². The molecule has 6 nitrogen and oxygen atoms in total. The second-order valence-corrected chi connectivity index (χ2v) is 7.92. The molecule has 2 aromatic heterocycles. The molecule has 1 N–H and O–H groups in total. The van der Waals surface area contributed by atoms with Crippen molar-refractivity contribution in [3.8, 4) is 10.7 Å². The second-order valence-electron chi connectivity index (χ2n) is 6.84. The number of aryl methyl sites for hydroxylation is 1. The lowest BCUT2D eigenvalue weighted by atomic mass is 10.1. The summed E-state index contributed by atoms with van der Waals surface area (Å²) in [6.45, 7) is 7.77. The van der Waals surface area contributed by atoms with Gasteiger partial charge >= 0.3 is 5.97 Å². The normalized spacial score (nSPS) is 10.7. The maximum Gasteiger partial charge on any atom is 0.310 e. The number of thiophene rings is 1. The summed E-state index contributed by atoms with van der Waals surface area (Å²) < 4.78 is 5.00. The number of aromatic nitrogens is 2. The number of esters is 1. The van der Waals surface area contributed by atoms with Gasteiger partial charge in [0.2, 0.25) is 0 Å². The van der Waals surface area contributed by atoms with E-state index in [4.69, 9.17) is 9.72 Å². The second kappa shape index (κ2) is 9.63. The summed E-state index contributed by atoms with van der Waals surface area (Å²) in [6, 6.07) is 11.3. The van der Waals surface area contributed by atoms with Crippen LogP contribution in [0.2, 0.25) is 0 Å². The first-order chi connectivity index (χ1) is 14.4. The molecule has 2 heterocycles. The predicted molar refractivity (Wildman–Crippen MR) is 120 cm³/mol. The van der Waals surface area contributed by atoms with E-state index in [9.17, 15) is 9.59 Å². The highest BCUT2D eigenvalue weighted by atomic mass is 32.1. The van der Waals surface area contributed by atoms with Crippen molar-refractivity contribution in [2.75, 3.05) is 11.9 Å². The fraction of sp³-hybridized carbons (Fsp3) is 0.304. The van der Waals surface area contributed by atoms with Crippen LogP contribution in [-0.2, 0) is 22.4 Å². The molecule has 0 aliphatic heterocycles. The topological polar surface area (TPSA) is 81.2 Å². The highest BCUT2D eigenvalue weighted by molar-refractivity contribution is 7.17. The van der Waals surface area contributed by atoms with Gasteiger partial charge in [0.25, 0.3) is 0 Å². The number of carbonyl (C=O) groups excluding carboxylic acids is 2. The van der Waals surface area contributed by atoms with Crippen LogP contribution in [0.1, 0.15) is 47.3 Å². The molecule has 0 amide bonds. The van der Waals surface area contributed by atoms with Gasteiger partial charge in [-0.2, -0.15) is 0 Å². The average molecular weight is 424 g/mol. The van der Waals surface area contributed by atoms with E-state index in [1.165, 1.54) is 11.3 Å². The van der Waals surface area contributed by atoms with Crippen LogP contribution >= 0.6 is 11.3 Å².